The van der Waals surface area contributed by atoms with E-state index in [1.54, 1.807) is 0 Å². The molecule has 5 nitrogen and oxygen atoms in total. The summed E-state index contributed by atoms with van der Waals surface area (Å²) in [7, 11) is 0. The van der Waals surface area contributed by atoms with E-state index >= 15 is 0 Å². The van der Waals surface area contributed by atoms with Gasteiger partial charge in [0.1, 0.15) is 6.61 Å². The van der Waals surface area contributed by atoms with Crippen LogP contribution >= 0.6 is 0 Å². The monoisotopic (exact) mass is 701 g/mol. The summed E-state index contributed by atoms with van der Waals surface area (Å²) >= 11 is 0. The van der Waals surface area contributed by atoms with E-state index in [1.165, 1.54) is 89.9 Å². The van der Waals surface area contributed by atoms with Crippen molar-refractivity contribution in [3.05, 3.63) is 48.6 Å². The molecule has 0 aliphatic rings. The summed E-state index contributed by atoms with van der Waals surface area (Å²) in [6, 6.07) is 0. The van der Waals surface area contributed by atoms with Crippen molar-refractivity contribution in [2.45, 2.75) is 207 Å². The van der Waals surface area contributed by atoms with Crippen LogP contribution in [-0.4, -0.2) is 37.9 Å². The van der Waals surface area contributed by atoms with Crippen molar-refractivity contribution >= 4 is 11.9 Å². The maximum atomic E-state index is 12.5. The number of esters is 2. The van der Waals surface area contributed by atoms with Crippen LogP contribution in [0.3, 0.4) is 0 Å². The van der Waals surface area contributed by atoms with Gasteiger partial charge in [-0.2, -0.15) is 0 Å². The van der Waals surface area contributed by atoms with Crippen LogP contribution < -0.4 is 0 Å². The van der Waals surface area contributed by atoms with Gasteiger partial charge in [0.15, 0.2) is 6.10 Å². The van der Waals surface area contributed by atoms with E-state index in [0.29, 0.717) is 19.4 Å². The van der Waals surface area contributed by atoms with Gasteiger partial charge >= 0.3 is 11.9 Å². The minimum absolute atomic E-state index is 0.0740. The largest absolute Gasteiger partial charge is 0.462 e. The van der Waals surface area contributed by atoms with E-state index in [0.717, 1.165) is 77.0 Å². The standard InChI is InChI=1S/C45H80O5/c1-4-7-10-13-15-17-19-21-23-24-26-28-30-33-35-38-44(46)49-42-43(50-45(47)39-36-32-12-9-6-3)41-48-40-37-34-31-29-27-25-22-20-18-16-14-11-8-5-2/h7,10,15,17-18,20-21,23,43H,4-6,8-9,11-14,16,19,22,24-42H2,1-3H3/b10-7-,17-15-,20-18-,23-21-. The molecule has 50 heavy (non-hydrogen) atoms. The van der Waals surface area contributed by atoms with Gasteiger partial charge in [-0.05, 0) is 77.0 Å². The quantitative estimate of drug-likeness (QED) is 0.0364. The number of allylic oxidation sites excluding steroid dienone is 8. The zero-order valence-electron chi connectivity index (χ0n) is 33.2. The van der Waals surface area contributed by atoms with Crippen LogP contribution in [-0.2, 0) is 23.8 Å². The van der Waals surface area contributed by atoms with Gasteiger partial charge in [-0.15, -0.1) is 0 Å². The highest BCUT2D eigenvalue weighted by Gasteiger charge is 2.17. The molecule has 1 atom stereocenters. The fourth-order valence-electron chi connectivity index (χ4n) is 5.69. The van der Waals surface area contributed by atoms with Gasteiger partial charge in [0, 0.05) is 19.4 Å². The fraction of sp³-hybridized carbons (Fsp3) is 0.778. The topological polar surface area (TPSA) is 61.8 Å². The van der Waals surface area contributed by atoms with Gasteiger partial charge in [-0.1, -0.05) is 159 Å². The van der Waals surface area contributed by atoms with Crippen LogP contribution in [0.25, 0.3) is 0 Å². The maximum Gasteiger partial charge on any atom is 0.306 e. The molecule has 0 saturated heterocycles. The molecule has 0 bridgehead atoms. The molecule has 0 spiro atoms. The van der Waals surface area contributed by atoms with Crippen molar-refractivity contribution in [1.82, 2.24) is 0 Å². The van der Waals surface area contributed by atoms with Crippen molar-refractivity contribution < 1.29 is 23.8 Å². The second-order valence-corrected chi connectivity index (χ2v) is 13.9. The van der Waals surface area contributed by atoms with E-state index in [4.69, 9.17) is 14.2 Å². The summed E-state index contributed by atoms with van der Waals surface area (Å²) in [6.07, 6.45) is 48.4. The van der Waals surface area contributed by atoms with E-state index in [1.807, 2.05) is 0 Å². The van der Waals surface area contributed by atoms with Crippen molar-refractivity contribution in [3.63, 3.8) is 0 Å². The summed E-state index contributed by atoms with van der Waals surface area (Å²) in [5.74, 6) is -0.433. The number of hydrogen-bond acceptors (Lipinski definition) is 5. The Bertz CT molecular complexity index is 842. The lowest BCUT2D eigenvalue weighted by Gasteiger charge is -2.18. The minimum atomic E-state index is -0.539. The average Bonchev–Trinajstić information content (AvgIpc) is 3.11. The third kappa shape index (κ3) is 38.7. The summed E-state index contributed by atoms with van der Waals surface area (Å²) in [4.78, 5) is 24.9. The molecule has 0 N–H and O–H groups in total. The number of rotatable bonds is 38. The lowest BCUT2D eigenvalue weighted by Crippen LogP contribution is -2.30. The van der Waals surface area contributed by atoms with Crippen LogP contribution in [0, 0.1) is 0 Å². The van der Waals surface area contributed by atoms with E-state index in [-0.39, 0.29) is 25.2 Å². The van der Waals surface area contributed by atoms with E-state index in [9.17, 15) is 9.59 Å². The van der Waals surface area contributed by atoms with Crippen molar-refractivity contribution in [2.24, 2.45) is 0 Å². The second-order valence-electron chi connectivity index (χ2n) is 13.9. The van der Waals surface area contributed by atoms with Crippen LogP contribution in [0.5, 0.6) is 0 Å². The Morgan fingerprint density at radius 3 is 1.48 bits per heavy atom. The van der Waals surface area contributed by atoms with Crippen LogP contribution in [0.4, 0.5) is 0 Å². The van der Waals surface area contributed by atoms with Crippen LogP contribution in [0.2, 0.25) is 0 Å². The SMILES string of the molecule is CC/C=C\C/C=C\C/C=C\CCCCCCCC(=O)OCC(COCCCCCCCC/C=C\CCCCCC)OC(=O)CCCCCCC. The van der Waals surface area contributed by atoms with Crippen molar-refractivity contribution in [1.29, 1.82) is 0 Å². The Morgan fingerprint density at radius 2 is 0.900 bits per heavy atom. The Balaban J connectivity index is 4.12. The van der Waals surface area contributed by atoms with Crippen LogP contribution in [0.1, 0.15) is 201 Å². The molecule has 0 rings (SSSR count). The Hall–Kier alpha value is -2.14. The highest BCUT2D eigenvalue weighted by atomic mass is 16.6. The van der Waals surface area contributed by atoms with E-state index in [2.05, 4.69) is 69.4 Å². The van der Waals surface area contributed by atoms with Crippen molar-refractivity contribution in [2.75, 3.05) is 19.8 Å². The molecule has 0 heterocycles. The maximum absolute atomic E-state index is 12.5. The number of carbonyl (C=O) groups is 2. The van der Waals surface area contributed by atoms with Gasteiger partial charge < -0.3 is 14.2 Å². The molecule has 0 amide bonds. The second kappa shape index (κ2) is 41.3. The predicted octanol–water partition coefficient (Wildman–Crippen LogP) is 13.7. The molecule has 290 valence electrons. The molecule has 0 saturated carbocycles. The molecule has 0 aromatic heterocycles. The molecule has 0 radical (unpaired) electrons. The lowest BCUT2D eigenvalue weighted by molar-refractivity contribution is -0.163. The molecule has 0 fully saturated rings. The predicted molar refractivity (Wildman–Crippen MR) is 215 cm³/mol. The smallest absolute Gasteiger partial charge is 0.306 e. The van der Waals surface area contributed by atoms with E-state index < -0.39 is 6.10 Å². The fourth-order valence-corrected chi connectivity index (χ4v) is 5.69. The number of unbranched alkanes of at least 4 members (excludes halogenated alkanes) is 19. The third-order valence-corrected chi connectivity index (χ3v) is 8.85. The molecule has 1 unspecified atom stereocenters. The highest BCUT2D eigenvalue weighted by molar-refractivity contribution is 5.70. The first-order valence-electron chi connectivity index (χ1n) is 21.2. The summed E-state index contributed by atoms with van der Waals surface area (Å²) in [6.45, 7) is 7.60. The molecule has 0 aromatic rings. The molecule has 0 aromatic carbocycles. The summed E-state index contributed by atoms with van der Waals surface area (Å²) in [5, 5.41) is 0. The molecule has 5 heteroatoms. The van der Waals surface area contributed by atoms with Gasteiger partial charge in [0.2, 0.25) is 0 Å². The molecular weight excluding hydrogens is 620 g/mol. The third-order valence-electron chi connectivity index (χ3n) is 8.85. The normalized spacial score (nSPS) is 12.6. The number of carbonyl (C=O) groups excluding carboxylic acids is 2. The van der Waals surface area contributed by atoms with Gasteiger partial charge in [0.05, 0.1) is 6.61 Å². The first-order chi connectivity index (χ1) is 24.6. The molecule has 0 aliphatic heterocycles. The summed E-state index contributed by atoms with van der Waals surface area (Å²) < 4.78 is 17.1. The summed E-state index contributed by atoms with van der Waals surface area (Å²) in [5.41, 5.74) is 0. The Kier molecular flexibility index (Phi) is 39.5. The van der Waals surface area contributed by atoms with Gasteiger partial charge in [0.25, 0.3) is 0 Å². The average molecular weight is 701 g/mol. The molecular formula is C45H80O5. The number of ether oxygens (including phenoxy) is 3. The van der Waals surface area contributed by atoms with Crippen molar-refractivity contribution in [3.8, 4) is 0 Å². The van der Waals surface area contributed by atoms with Gasteiger partial charge in [-0.3, -0.25) is 9.59 Å². The number of hydrogen-bond donors (Lipinski definition) is 0. The van der Waals surface area contributed by atoms with Gasteiger partial charge in [-0.25, -0.2) is 0 Å². The molecule has 0 aliphatic carbocycles. The zero-order chi connectivity index (χ0) is 36.4. The lowest BCUT2D eigenvalue weighted by atomic mass is 10.1. The Labute approximate surface area is 310 Å². The first kappa shape index (κ1) is 47.9. The van der Waals surface area contributed by atoms with Crippen LogP contribution in [0.15, 0.2) is 48.6 Å². The zero-order valence-corrected chi connectivity index (χ0v) is 33.2. The minimum Gasteiger partial charge on any atom is -0.462 e. The Morgan fingerprint density at radius 1 is 0.460 bits per heavy atom. The first-order valence-corrected chi connectivity index (χ1v) is 21.2. The highest BCUT2D eigenvalue weighted by Crippen LogP contribution is 2.12.